The van der Waals surface area contributed by atoms with Crippen LogP contribution < -0.4 is 10.6 Å². The molecule has 0 fully saturated rings. The first-order valence-electron chi connectivity index (χ1n) is 5.75. The van der Waals surface area contributed by atoms with Crippen LogP contribution in [0, 0.1) is 5.82 Å². The molecule has 0 radical (unpaired) electrons. The minimum absolute atomic E-state index is 0.0344. The molecule has 0 aliphatic rings. The van der Waals surface area contributed by atoms with Gasteiger partial charge in [-0.1, -0.05) is 17.7 Å². The fourth-order valence-corrected chi connectivity index (χ4v) is 1.48. The summed E-state index contributed by atoms with van der Waals surface area (Å²) in [6.07, 6.45) is -0.808. The molecule has 0 aliphatic heterocycles. The van der Waals surface area contributed by atoms with Gasteiger partial charge in [0.1, 0.15) is 5.82 Å². The van der Waals surface area contributed by atoms with Crippen LogP contribution in [0.4, 0.5) is 13.6 Å². The predicted octanol–water partition coefficient (Wildman–Crippen LogP) is 2.17. The fourth-order valence-electron chi connectivity index (χ4n) is 1.36. The van der Waals surface area contributed by atoms with E-state index in [1.165, 1.54) is 12.1 Å². The number of hydrogen-bond acceptors (Lipinski definition) is 2. The zero-order valence-electron chi connectivity index (χ0n) is 10.1. The number of urea groups is 1. The lowest BCUT2D eigenvalue weighted by atomic mass is 10.1. The average molecular weight is 293 g/mol. The van der Waals surface area contributed by atoms with Crippen molar-refractivity contribution in [1.29, 1.82) is 0 Å². The van der Waals surface area contributed by atoms with Crippen LogP contribution in [-0.2, 0) is 0 Å². The summed E-state index contributed by atoms with van der Waals surface area (Å²) in [5.41, 5.74) is 0.311. The molecule has 1 atom stereocenters. The predicted molar refractivity (Wildman–Crippen MR) is 68.4 cm³/mol. The number of carbonyl (C=O) groups excluding carboxylic acids is 1. The first kappa shape index (κ1) is 15.7. The van der Waals surface area contributed by atoms with Crippen LogP contribution in [0.2, 0.25) is 5.02 Å². The number of hydrogen-bond donors (Lipinski definition) is 3. The van der Waals surface area contributed by atoms with Crippen molar-refractivity contribution in [2.45, 2.75) is 12.5 Å². The summed E-state index contributed by atoms with van der Waals surface area (Å²) in [6, 6.07) is 3.40. The molecule has 0 saturated carbocycles. The number of nitrogens with one attached hydrogen (secondary N) is 2. The van der Waals surface area contributed by atoms with Crippen molar-refractivity contribution >= 4 is 17.6 Å². The molecule has 7 heteroatoms. The lowest BCUT2D eigenvalue weighted by molar-refractivity contribution is 0.172. The number of aliphatic hydroxyl groups excluding tert-OH is 1. The minimum atomic E-state index is -1.04. The molecule has 0 bridgehead atoms. The maximum absolute atomic E-state index is 13.2. The van der Waals surface area contributed by atoms with Crippen molar-refractivity contribution in [2.75, 3.05) is 19.8 Å². The van der Waals surface area contributed by atoms with E-state index in [1.54, 1.807) is 0 Å². The molecule has 1 rings (SSSR count). The van der Waals surface area contributed by atoms with Gasteiger partial charge in [-0.05, 0) is 24.1 Å². The number of rotatable bonds is 6. The number of carbonyl (C=O) groups is 1. The third-order valence-corrected chi connectivity index (χ3v) is 2.69. The van der Waals surface area contributed by atoms with Gasteiger partial charge in [-0.15, -0.1) is 0 Å². The van der Waals surface area contributed by atoms with E-state index in [2.05, 4.69) is 10.6 Å². The van der Waals surface area contributed by atoms with Gasteiger partial charge in [0.05, 0.1) is 17.8 Å². The van der Waals surface area contributed by atoms with Crippen molar-refractivity contribution in [1.82, 2.24) is 10.6 Å². The van der Waals surface area contributed by atoms with Crippen LogP contribution in [0.15, 0.2) is 18.2 Å². The van der Waals surface area contributed by atoms with E-state index < -0.39 is 24.6 Å². The van der Waals surface area contributed by atoms with Crippen LogP contribution in [-0.4, -0.2) is 30.9 Å². The van der Waals surface area contributed by atoms with Crippen molar-refractivity contribution in [2.24, 2.45) is 0 Å². The normalized spacial score (nSPS) is 12.0. The maximum atomic E-state index is 13.2. The largest absolute Gasteiger partial charge is 0.387 e. The van der Waals surface area contributed by atoms with Crippen molar-refractivity contribution in [3.05, 3.63) is 34.6 Å². The van der Waals surface area contributed by atoms with Crippen LogP contribution in [0.5, 0.6) is 0 Å². The fraction of sp³-hybridized carbons (Fsp3) is 0.417. The molecule has 1 aromatic carbocycles. The molecule has 19 heavy (non-hydrogen) atoms. The van der Waals surface area contributed by atoms with Crippen molar-refractivity contribution in [3.63, 3.8) is 0 Å². The topological polar surface area (TPSA) is 61.4 Å². The number of aliphatic hydroxyl groups is 1. The monoisotopic (exact) mass is 292 g/mol. The zero-order valence-corrected chi connectivity index (χ0v) is 10.9. The molecule has 0 aromatic heterocycles. The smallest absolute Gasteiger partial charge is 0.314 e. The van der Waals surface area contributed by atoms with E-state index in [0.717, 1.165) is 6.07 Å². The molecule has 3 N–H and O–H groups in total. The minimum Gasteiger partial charge on any atom is -0.387 e. The zero-order chi connectivity index (χ0) is 14.3. The van der Waals surface area contributed by atoms with Gasteiger partial charge in [0, 0.05) is 13.1 Å². The molecule has 0 aliphatic carbocycles. The van der Waals surface area contributed by atoms with Gasteiger partial charge in [-0.25, -0.2) is 9.18 Å². The highest BCUT2D eigenvalue weighted by molar-refractivity contribution is 6.30. The van der Waals surface area contributed by atoms with Crippen LogP contribution >= 0.6 is 11.6 Å². The molecule has 0 unspecified atom stereocenters. The van der Waals surface area contributed by atoms with Crippen LogP contribution in [0.1, 0.15) is 18.1 Å². The summed E-state index contributed by atoms with van der Waals surface area (Å²) in [6.45, 7) is -0.372. The Morgan fingerprint density at radius 2 is 2.16 bits per heavy atom. The summed E-state index contributed by atoms with van der Waals surface area (Å²) in [5.74, 6) is -0.634. The Hall–Kier alpha value is -1.40. The highest BCUT2D eigenvalue weighted by atomic mass is 35.5. The van der Waals surface area contributed by atoms with Crippen molar-refractivity contribution < 1.29 is 18.7 Å². The first-order valence-corrected chi connectivity index (χ1v) is 6.13. The Morgan fingerprint density at radius 3 is 2.79 bits per heavy atom. The summed E-state index contributed by atoms with van der Waals surface area (Å²) >= 11 is 5.52. The molecule has 1 aromatic rings. The second kappa shape index (κ2) is 7.91. The third-order valence-electron chi connectivity index (χ3n) is 2.38. The molecular weight excluding hydrogens is 278 g/mol. The van der Waals surface area contributed by atoms with E-state index in [1.807, 2.05) is 0 Å². The summed E-state index contributed by atoms with van der Waals surface area (Å²) in [7, 11) is 0. The quantitative estimate of drug-likeness (QED) is 0.704. The van der Waals surface area contributed by atoms with Crippen molar-refractivity contribution in [3.8, 4) is 0 Å². The highest BCUT2D eigenvalue weighted by Gasteiger charge is 2.11. The van der Waals surface area contributed by atoms with E-state index >= 15 is 0 Å². The SMILES string of the molecule is O=C(NCCCF)NC[C@H](O)c1ccc(Cl)c(F)c1. The molecular formula is C12H15ClF2N2O2. The Kier molecular flexibility index (Phi) is 6.52. The van der Waals surface area contributed by atoms with Gasteiger partial charge in [-0.2, -0.15) is 0 Å². The number of halogens is 3. The highest BCUT2D eigenvalue weighted by Crippen LogP contribution is 2.19. The van der Waals surface area contributed by atoms with Crippen LogP contribution in [0.3, 0.4) is 0 Å². The lowest BCUT2D eigenvalue weighted by Crippen LogP contribution is -2.38. The molecule has 106 valence electrons. The summed E-state index contributed by atoms with van der Waals surface area (Å²) in [4.78, 5) is 11.2. The molecule has 0 spiro atoms. The van der Waals surface area contributed by atoms with Gasteiger partial charge < -0.3 is 15.7 Å². The summed E-state index contributed by atoms with van der Waals surface area (Å²) in [5, 5.41) is 14.5. The second-order valence-corrected chi connectivity index (χ2v) is 4.28. The Morgan fingerprint density at radius 1 is 1.42 bits per heavy atom. The molecule has 0 saturated heterocycles. The summed E-state index contributed by atoms with van der Waals surface area (Å²) < 4.78 is 25.0. The van der Waals surface area contributed by atoms with E-state index in [-0.39, 0.29) is 24.5 Å². The molecule has 0 heterocycles. The van der Waals surface area contributed by atoms with Gasteiger partial charge >= 0.3 is 6.03 Å². The number of alkyl halides is 1. The van der Waals surface area contributed by atoms with E-state index in [0.29, 0.717) is 5.56 Å². The number of benzene rings is 1. The second-order valence-electron chi connectivity index (χ2n) is 3.87. The Bertz CT molecular complexity index is 432. The maximum Gasteiger partial charge on any atom is 0.314 e. The molecule has 4 nitrogen and oxygen atoms in total. The van der Waals surface area contributed by atoms with E-state index in [9.17, 15) is 18.7 Å². The standard InChI is InChI=1S/C12H15ClF2N2O2/c13-9-3-2-8(6-10(9)15)11(18)7-17-12(19)16-5-1-4-14/h2-3,6,11,18H,1,4-5,7H2,(H2,16,17,19)/t11-/m0/s1. The first-order chi connectivity index (χ1) is 9.04. The van der Waals surface area contributed by atoms with Gasteiger partial charge in [-0.3, -0.25) is 4.39 Å². The average Bonchev–Trinajstić information content (AvgIpc) is 2.39. The van der Waals surface area contributed by atoms with Crippen LogP contribution in [0.25, 0.3) is 0 Å². The number of amides is 2. The Labute approximate surface area is 114 Å². The lowest BCUT2D eigenvalue weighted by Gasteiger charge is -2.13. The van der Waals surface area contributed by atoms with E-state index in [4.69, 9.17) is 11.6 Å². The third kappa shape index (κ3) is 5.40. The Balaban J connectivity index is 2.40. The van der Waals surface area contributed by atoms with Gasteiger partial charge in [0.25, 0.3) is 0 Å². The van der Waals surface area contributed by atoms with Gasteiger partial charge in [0.15, 0.2) is 0 Å². The molecule has 2 amide bonds. The van der Waals surface area contributed by atoms with Gasteiger partial charge in [0.2, 0.25) is 0 Å².